The number of aromatic nitrogens is 2. The molecule has 0 spiro atoms. The molecule has 0 unspecified atom stereocenters. The highest BCUT2D eigenvalue weighted by molar-refractivity contribution is 6.01. The molecule has 1 aromatic carbocycles. The maximum atomic E-state index is 12.2. The summed E-state index contributed by atoms with van der Waals surface area (Å²) in [6, 6.07) is 9.98. The van der Waals surface area contributed by atoms with E-state index < -0.39 is 35.3 Å². The largest absolute Gasteiger partial charge is 0.494 e. The summed E-state index contributed by atoms with van der Waals surface area (Å²) in [6.07, 6.45) is 0. The average molecular weight is 328 g/mol. The molecule has 0 aliphatic rings. The summed E-state index contributed by atoms with van der Waals surface area (Å²) >= 11 is 0. The first-order valence-electron chi connectivity index (χ1n) is 6.79. The topological polar surface area (TPSA) is 125 Å². The fraction of sp³-hybridized carbons (Fsp3) is 0. The van der Waals surface area contributed by atoms with Crippen molar-refractivity contribution in [1.29, 1.82) is 0 Å². The van der Waals surface area contributed by atoms with Gasteiger partial charge in [0, 0.05) is 35.4 Å². The molecule has 0 fully saturated rings. The molecule has 2 heterocycles. The van der Waals surface area contributed by atoms with Crippen LogP contribution in [0.1, 0.15) is 20.7 Å². The molecule has 0 aliphatic heterocycles. The molecule has 24 heavy (non-hydrogen) atoms. The minimum absolute atomic E-state index is 0.120. The first-order chi connectivity index (χ1) is 11.4. The number of carbonyl (C=O) groups excluding carboxylic acids is 2. The van der Waals surface area contributed by atoms with E-state index in [-0.39, 0.29) is 11.1 Å². The maximum Gasteiger partial charge on any atom is 0.267 e. The Morgan fingerprint density at radius 3 is 1.04 bits per heavy atom. The smallest absolute Gasteiger partial charge is 0.267 e. The van der Waals surface area contributed by atoms with Gasteiger partial charge in [-0.1, -0.05) is 0 Å². The van der Waals surface area contributed by atoms with E-state index in [2.05, 4.69) is 0 Å². The Morgan fingerprint density at radius 1 is 0.542 bits per heavy atom. The normalized spacial score (nSPS) is 10.7. The van der Waals surface area contributed by atoms with Gasteiger partial charge >= 0.3 is 0 Å². The zero-order valence-corrected chi connectivity index (χ0v) is 12.1. The van der Waals surface area contributed by atoms with Crippen LogP contribution in [0.15, 0.2) is 48.5 Å². The third-order valence-corrected chi connectivity index (χ3v) is 3.46. The van der Waals surface area contributed by atoms with Crippen molar-refractivity contribution in [3.8, 4) is 23.5 Å². The van der Waals surface area contributed by atoms with Gasteiger partial charge in [0.2, 0.25) is 23.5 Å². The van der Waals surface area contributed by atoms with E-state index in [1.165, 1.54) is 48.5 Å². The van der Waals surface area contributed by atoms with Crippen molar-refractivity contribution in [3.05, 3.63) is 59.7 Å². The van der Waals surface area contributed by atoms with E-state index in [1.807, 2.05) is 0 Å². The molecule has 122 valence electrons. The third kappa shape index (κ3) is 2.35. The summed E-state index contributed by atoms with van der Waals surface area (Å²) in [5, 5.41) is 38.2. The Balaban J connectivity index is 1.91. The maximum absolute atomic E-state index is 12.2. The fourth-order valence-electron chi connectivity index (χ4n) is 2.26. The molecule has 0 saturated carbocycles. The molecule has 8 heteroatoms. The summed E-state index contributed by atoms with van der Waals surface area (Å²) in [4.78, 5) is 24.5. The van der Waals surface area contributed by atoms with E-state index in [0.717, 1.165) is 0 Å². The predicted octanol–water partition coefficient (Wildman–Crippen LogP) is 1.49. The van der Waals surface area contributed by atoms with Gasteiger partial charge in [-0.2, -0.15) is 0 Å². The molecule has 8 nitrogen and oxygen atoms in total. The predicted molar refractivity (Wildman–Crippen MR) is 81.4 cm³/mol. The molecule has 3 rings (SSSR count). The van der Waals surface area contributed by atoms with E-state index >= 15 is 0 Å². The number of hydrogen-bond donors (Lipinski definition) is 4. The van der Waals surface area contributed by atoms with Crippen molar-refractivity contribution in [2.24, 2.45) is 0 Å². The summed E-state index contributed by atoms with van der Waals surface area (Å²) in [6.45, 7) is 0. The number of carbonyl (C=O) groups is 2. The van der Waals surface area contributed by atoms with E-state index in [0.29, 0.717) is 9.13 Å². The molecule has 0 aliphatic carbocycles. The Labute approximate surface area is 135 Å². The van der Waals surface area contributed by atoms with Crippen molar-refractivity contribution in [1.82, 2.24) is 9.13 Å². The Bertz CT molecular complexity index is 820. The Hall–Kier alpha value is -3.68. The lowest BCUT2D eigenvalue weighted by Gasteiger charge is -2.08. The van der Waals surface area contributed by atoms with Gasteiger partial charge < -0.3 is 20.4 Å². The summed E-state index contributed by atoms with van der Waals surface area (Å²) in [5.41, 5.74) is 0.239. The van der Waals surface area contributed by atoms with Gasteiger partial charge in [0.25, 0.3) is 11.8 Å². The van der Waals surface area contributed by atoms with Gasteiger partial charge in [-0.05, 0) is 24.3 Å². The monoisotopic (exact) mass is 328 g/mol. The lowest BCUT2D eigenvalue weighted by atomic mass is 10.1. The van der Waals surface area contributed by atoms with Crippen LogP contribution in [0.25, 0.3) is 0 Å². The second-order valence-electron chi connectivity index (χ2n) is 4.96. The van der Waals surface area contributed by atoms with Crippen molar-refractivity contribution in [2.75, 3.05) is 0 Å². The average Bonchev–Trinajstić information content (AvgIpc) is 3.08. The second kappa shape index (κ2) is 5.51. The molecule has 2 aromatic heterocycles. The quantitative estimate of drug-likeness (QED) is 0.565. The van der Waals surface area contributed by atoms with Crippen LogP contribution >= 0.6 is 0 Å². The SMILES string of the molecule is O=C(c1ccc(C(=O)n2c(O)ccc2O)cc1)n1c(O)ccc1O. The van der Waals surface area contributed by atoms with Gasteiger partial charge in [-0.25, -0.2) is 9.13 Å². The number of hydrogen-bond acceptors (Lipinski definition) is 6. The number of rotatable bonds is 2. The lowest BCUT2D eigenvalue weighted by molar-refractivity contribution is 0.0928. The zero-order chi connectivity index (χ0) is 17.4. The molecular formula is C16H12N2O6. The van der Waals surface area contributed by atoms with E-state index in [4.69, 9.17) is 0 Å². The fourth-order valence-corrected chi connectivity index (χ4v) is 2.26. The molecule has 0 saturated heterocycles. The minimum atomic E-state index is -0.680. The first-order valence-corrected chi connectivity index (χ1v) is 6.79. The van der Waals surface area contributed by atoms with Gasteiger partial charge in [0.1, 0.15) is 0 Å². The molecule has 0 radical (unpaired) electrons. The van der Waals surface area contributed by atoms with E-state index in [1.54, 1.807) is 0 Å². The molecule has 4 N–H and O–H groups in total. The van der Waals surface area contributed by atoms with Crippen LogP contribution in [0.3, 0.4) is 0 Å². The van der Waals surface area contributed by atoms with Crippen LogP contribution in [-0.2, 0) is 0 Å². The lowest BCUT2D eigenvalue weighted by Crippen LogP contribution is -2.13. The molecule has 0 atom stereocenters. The molecular weight excluding hydrogens is 316 g/mol. The highest BCUT2D eigenvalue weighted by atomic mass is 16.3. The number of benzene rings is 1. The summed E-state index contributed by atoms with van der Waals surface area (Å²) < 4.78 is 1.42. The van der Waals surface area contributed by atoms with Crippen LogP contribution < -0.4 is 0 Å². The van der Waals surface area contributed by atoms with Crippen molar-refractivity contribution < 1.29 is 30.0 Å². The summed E-state index contributed by atoms with van der Waals surface area (Å²) in [7, 11) is 0. The first kappa shape index (κ1) is 15.2. The Kier molecular flexibility index (Phi) is 3.49. The number of nitrogens with zero attached hydrogens (tertiary/aromatic N) is 2. The third-order valence-electron chi connectivity index (χ3n) is 3.46. The second-order valence-corrected chi connectivity index (χ2v) is 4.96. The van der Waals surface area contributed by atoms with Crippen LogP contribution in [0.2, 0.25) is 0 Å². The van der Waals surface area contributed by atoms with Crippen molar-refractivity contribution >= 4 is 11.8 Å². The number of aromatic hydroxyl groups is 4. The summed E-state index contributed by atoms with van der Waals surface area (Å²) in [5.74, 6) is -3.03. The molecule has 0 amide bonds. The van der Waals surface area contributed by atoms with Crippen LogP contribution in [-0.4, -0.2) is 41.4 Å². The standard InChI is InChI=1S/C16H12N2O6/c19-11-5-6-12(20)17(11)15(23)9-1-2-10(4-3-9)16(24)18-13(21)7-8-14(18)22/h1-8,19-22H. The van der Waals surface area contributed by atoms with Crippen LogP contribution in [0.5, 0.6) is 23.5 Å². The highest BCUT2D eigenvalue weighted by Gasteiger charge is 2.19. The van der Waals surface area contributed by atoms with Crippen LogP contribution in [0.4, 0.5) is 0 Å². The zero-order valence-electron chi connectivity index (χ0n) is 12.1. The van der Waals surface area contributed by atoms with Crippen molar-refractivity contribution in [3.63, 3.8) is 0 Å². The van der Waals surface area contributed by atoms with Gasteiger partial charge in [0.05, 0.1) is 0 Å². The van der Waals surface area contributed by atoms with Crippen molar-refractivity contribution in [2.45, 2.75) is 0 Å². The van der Waals surface area contributed by atoms with Gasteiger partial charge in [-0.3, -0.25) is 9.59 Å². The van der Waals surface area contributed by atoms with Crippen LogP contribution in [0, 0.1) is 0 Å². The molecule has 0 bridgehead atoms. The molecule has 3 aromatic rings. The Morgan fingerprint density at radius 2 is 0.792 bits per heavy atom. The van der Waals surface area contributed by atoms with Gasteiger partial charge in [-0.15, -0.1) is 0 Å². The highest BCUT2D eigenvalue weighted by Crippen LogP contribution is 2.24. The van der Waals surface area contributed by atoms with E-state index in [9.17, 15) is 30.0 Å². The minimum Gasteiger partial charge on any atom is -0.494 e. The van der Waals surface area contributed by atoms with Gasteiger partial charge in [0.15, 0.2) is 0 Å².